The standard InChI is InChI=1S/C15H22F3NO2/c1-3-19-14(11-20-10-9-15(16,17)18)12-5-7-13(8-6-12)21-4-2/h5-8,14,19H,3-4,9-11H2,1-2H3. The minimum absolute atomic E-state index is 0.126. The summed E-state index contributed by atoms with van der Waals surface area (Å²) in [5, 5.41) is 3.20. The molecule has 0 amide bonds. The Labute approximate surface area is 123 Å². The predicted octanol–water partition coefficient (Wildman–Crippen LogP) is 3.70. The molecule has 3 nitrogen and oxygen atoms in total. The molecular formula is C15H22F3NO2. The van der Waals surface area contributed by atoms with Crippen molar-refractivity contribution in [3.63, 3.8) is 0 Å². The Balaban J connectivity index is 2.51. The van der Waals surface area contributed by atoms with Crippen LogP contribution in [0.25, 0.3) is 0 Å². The number of hydrogen-bond donors (Lipinski definition) is 1. The fourth-order valence-electron chi connectivity index (χ4n) is 1.87. The molecular weight excluding hydrogens is 283 g/mol. The third kappa shape index (κ3) is 7.34. The Morgan fingerprint density at radius 3 is 2.33 bits per heavy atom. The number of likely N-dealkylation sites (N-methyl/N-ethyl adjacent to an activating group) is 1. The minimum atomic E-state index is -4.17. The van der Waals surface area contributed by atoms with Gasteiger partial charge in [-0.15, -0.1) is 0 Å². The molecule has 0 bridgehead atoms. The van der Waals surface area contributed by atoms with E-state index in [-0.39, 0.29) is 19.3 Å². The Morgan fingerprint density at radius 2 is 1.81 bits per heavy atom. The first-order chi connectivity index (χ1) is 9.96. The average Bonchev–Trinajstić information content (AvgIpc) is 2.42. The Bertz CT molecular complexity index is 393. The van der Waals surface area contributed by atoms with Gasteiger partial charge in [0.1, 0.15) is 5.75 Å². The molecule has 0 aliphatic rings. The third-order valence-electron chi connectivity index (χ3n) is 2.86. The van der Waals surface area contributed by atoms with Crippen molar-refractivity contribution in [2.24, 2.45) is 0 Å². The lowest BCUT2D eigenvalue weighted by atomic mass is 10.1. The fourth-order valence-corrected chi connectivity index (χ4v) is 1.87. The van der Waals surface area contributed by atoms with Crippen LogP contribution in [0, 0.1) is 0 Å². The molecule has 0 aliphatic heterocycles. The van der Waals surface area contributed by atoms with Gasteiger partial charge in [0.25, 0.3) is 0 Å². The van der Waals surface area contributed by atoms with Crippen LogP contribution in [0.5, 0.6) is 5.75 Å². The molecule has 1 atom stereocenters. The summed E-state index contributed by atoms with van der Waals surface area (Å²) in [5.74, 6) is 0.773. The summed E-state index contributed by atoms with van der Waals surface area (Å²) in [4.78, 5) is 0. The van der Waals surface area contributed by atoms with Crippen LogP contribution in [-0.4, -0.2) is 32.5 Å². The lowest BCUT2D eigenvalue weighted by Crippen LogP contribution is -2.26. The van der Waals surface area contributed by atoms with Gasteiger partial charge in [-0.1, -0.05) is 19.1 Å². The van der Waals surface area contributed by atoms with Crippen molar-refractivity contribution in [2.75, 3.05) is 26.4 Å². The summed E-state index contributed by atoms with van der Waals surface area (Å²) in [6.07, 6.45) is -5.10. The zero-order chi connectivity index (χ0) is 15.7. The van der Waals surface area contributed by atoms with Gasteiger partial charge in [0.15, 0.2) is 0 Å². The summed E-state index contributed by atoms with van der Waals surface area (Å²) in [6.45, 7) is 5.04. The van der Waals surface area contributed by atoms with Crippen LogP contribution in [0.4, 0.5) is 13.2 Å². The maximum atomic E-state index is 12.1. The number of nitrogens with one attached hydrogen (secondary N) is 1. The molecule has 0 aromatic heterocycles. The monoisotopic (exact) mass is 305 g/mol. The quantitative estimate of drug-likeness (QED) is 0.706. The van der Waals surface area contributed by atoms with Crippen LogP contribution in [0.3, 0.4) is 0 Å². The predicted molar refractivity (Wildman–Crippen MR) is 75.5 cm³/mol. The van der Waals surface area contributed by atoms with E-state index in [1.807, 2.05) is 38.1 Å². The van der Waals surface area contributed by atoms with Crippen molar-refractivity contribution in [1.29, 1.82) is 0 Å². The zero-order valence-electron chi connectivity index (χ0n) is 12.4. The van der Waals surface area contributed by atoms with E-state index in [1.165, 1.54) is 0 Å². The van der Waals surface area contributed by atoms with Gasteiger partial charge in [-0.2, -0.15) is 13.2 Å². The third-order valence-corrected chi connectivity index (χ3v) is 2.86. The first-order valence-corrected chi connectivity index (χ1v) is 7.07. The first-order valence-electron chi connectivity index (χ1n) is 7.07. The van der Waals surface area contributed by atoms with Crippen molar-refractivity contribution in [2.45, 2.75) is 32.5 Å². The fraction of sp³-hybridized carbons (Fsp3) is 0.600. The molecule has 120 valence electrons. The molecule has 0 spiro atoms. The number of halogens is 3. The Hall–Kier alpha value is -1.27. The van der Waals surface area contributed by atoms with E-state index in [1.54, 1.807) is 0 Å². The molecule has 1 rings (SSSR count). The summed E-state index contributed by atoms with van der Waals surface area (Å²) >= 11 is 0. The van der Waals surface area contributed by atoms with E-state index in [0.717, 1.165) is 11.3 Å². The minimum Gasteiger partial charge on any atom is -0.494 e. The van der Waals surface area contributed by atoms with Crippen molar-refractivity contribution in [3.8, 4) is 5.75 Å². The van der Waals surface area contributed by atoms with Gasteiger partial charge in [0.05, 0.1) is 32.3 Å². The highest BCUT2D eigenvalue weighted by molar-refractivity contribution is 5.29. The lowest BCUT2D eigenvalue weighted by molar-refractivity contribution is -0.145. The molecule has 21 heavy (non-hydrogen) atoms. The molecule has 0 saturated heterocycles. The SMILES string of the molecule is CCNC(COCCC(F)(F)F)c1ccc(OCC)cc1. The second-order valence-electron chi connectivity index (χ2n) is 4.55. The topological polar surface area (TPSA) is 30.5 Å². The van der Waals surface area contributed by atoms with Gasteiger partial charge in [0.2, 0.25) is 0 Å². The smallest absolute Gasteiger partial charge is 0.391 e. The summed E-state index contributed by atoms with van der Waals surface area (Å²) in [5.41, 5.74) is 0.965. The van der Waals surface area contributed by atoms with E-state index in [9.17, 15) is 13.2 Å². The normalized spacial score (nSPS) is 13.2. The molecule has 1 aromatic rings. The van der Waals surface area contributed by atoms with Gasteiger partial charge < -0.3 is 14.8 Å². The van der Waals surface area contributed by atoms with E-state index in [4.69, 9.17) is 9.47 Å². The van der Waals surface area contributed by atoms with Gasteiger partial charge in [-0.3, -0.25) is 0 Å². The number of alkyl halides is 3. The first kappa shape index (κ1) is 17.8. The number of rotatable bonds is 9. The summed E-state index contributed by atoms with van der Waals surface area (Å²) < 4.78 is 46.7. The summed E-state index contributed by atoms with van der Waals surface area (Å²) in [7, 11) is 0. The van der Waals surface area contributed by atoms with Gasteiger partial charge in [0, 0.05) is 0 Å². The number of hydrogen-bond acceptors (Lipinski definition) is 3. The van der Waals surface area contributed by atoms with Crippen LogP contribution >= 0.6 is 0 Å². The van der Waals surface area contributed by atoms with Crippen LogP contribution < -0.4 is 10.1 Å². The number of ether oxygens (including phenoxy) is 2. The van der Waals surface area contributed by atoms with Gasteiger partial charge in [-0.05, 0) is 31.2 Å². The van der Waals surface area contributed by atoms with E-state index < -0.39 is 12.6 Å². The van der Waals surface area contributed by atoms with E-state index in [2.05, 4.69) is 5.32 Å². The van der Waals surface area contributed by atoms with Gasteiger partial charge >= 0.3 is 6.18 Å². The molecule has 0 heterocycles. The molecule has 1 unspecified atom stereocenters. The van der Waals surface area contributed by atoms with Crippen molar-refractivity contribution < 1.29 is 22.6 Å². The van der Waals surface area contributed by atoms with Crippen molar-refractivity contribution in [1.82, 2.24) is 5.32 Å². The largest absolute Gasteiger partial charge is 0.494 e. The Kier molecular flexibility index (Phi) is 7.53. The number of benzene rings is 1. The highest BCUT2D eigenvalue weighted by Crippen LogP contribution is 2.21. The molecule has 6 heteroatoms. The van der Waals surface area contributed by atoms with Gasteiger partial charge in [-0.25, -0.2) is 0 Å². The lowest BCUT2D eigenvalue weighted by Gasteiger charge is -2.19. The average molecular weight is 305 g/mol. The van der Waals surface area contributed by atoms with Crippen LogP contribution in [0.15, 0.2) is 24.3 Å². The highest BCUT2D eigenvalue weighted by Gasteiger charge is 2.26. The second-order valence-corrected chi connectivity index (χ2v) is 4.55. The second kappa shape index (κ2) is 8.89. The zero-order valence-corrected chi connectivity index (χ0v) is 12.4. The maximum Gasteiger partial charge on any atom is 0.391 e. The van der Waals surface area contributed by atoms with E-state index in [0.29, 0.717) is 13.2 Å². The molecule has 0 aliphatic carbocycles. The molecule has 0 radical (unpaired) electrons. The Morgan fingerprint density at radius 1 is 1.14 bits per heavy atom. The molecule has 1 N–H and O–H groups in total. The van der Waals surface area contributed by atoms with Crippen LogP contribution in [0.1, 0.15) is 31.9 Å². The molecule has 0 saturated carbocycles. The molecule has 1 aromatic carbocycles. The van der Waals surface area contributed by atoms with Crippen LogP contribution in [-0.2, 0) is 4.74 Å². The maximum absolute atomic E-state index is 12.1. The van der Waals surface area contributed by atoms with E-state index >= 15 is 0 Å². The van der Waals surface area contributed by atoms with Crippen molar-refractivity contribution >= 4 is 0 Å². The van der Waals surface area contributed by atoms with Crippen molar-refractivity contribution in [3.05, 3.63) is 29.8 Å². The van der Waals surface area contributed by atoms with Crippen LogP contribution in [0.2, 0.25) is 0 Å². The highest BCUT2D eigenvalue weighted by atomic mass is 19.4. The summed E-state index contributed by atoms with van der Waals surface area (Å²) in [6, 6.07) is 7.35. The molecule has 0 fully saturated rings.